The molecule has 0 aliphatic carbocycles. The zero-order valence-corrected chi connectivity index (χ0v) is 11.3. The molecule has 1 unspecified atom stereocenters. The maximum Gasteiger partial charge on any atom is 0.389 e. The summed E-state index contributed by atoms with van der Waals surface area (Å²) in [6.45, 7) is 2.75. The van der Waals surface area contributed by atoms with Crippen LogP contribution in [-0.2, 0) is 0 Å². The van der Waals surface area contributed by atoms with Crippen LogP contribution in [0.2, 0.25) is 0 Å². The van der Waals surface area contributed by atoms with Gasteiger partial charge in [-0.25, -0.2) is 0 Å². The highest BCUT2D eigenvalue weighted by molar-refractivity contribution is 5.18. The molecule has 0 aromatic heterocycles. The van der Waals surface area contributed by atoms with Gasteiger partial charge in [-0.1, -0.05) is 43.7 Å². The maximum atomic E-state index is 12.0. The highest BCUT2D eigenvalue weighted by Gasteiger charge is 2.25. The summed E-state index contributed by atoms with van der Waals surface area (Å²) >= 11 is 0. The summed E-state index contributed by atoms with van der Waals surface area (Å²) < 4.78 is 36.0. The Balaban J connectivity index is 2.31. The number of nitrogens with one attached hydrogen (secondary N) is 1. The smallest absolute Gasteiger partial charge is 0.310 e. The van der Waals surface area contributed by atoms with E-state index >= 15 is 0 Å². The van der Waals surface area contributed by atoms with E-state index < -0.39 is 12.6 Å². The minimum atomic E-state index is -4.03. The van der Waals surface area contributed by atoms with E-state index in [0.29, 0.717) is 13.0 Å². The summed E-state index contributed by atoms with van der Waals surface area (Å²) in [6.07, 6.45) is -1.89. The third-order valence-electron chi connectivity index (χ3n) is 3.06. The summed E-state index contributed by atoms with van der Waals surface area (Å²) in [7, 11) is 0. The molecule has 0 saturated heterocycles. The number of benzene rings is 1. The van der Waals surface area contributed by atoms with Crippen LogP contribution in [0.1, 0.15) is 50.6 Å². The number of rotatable bonds is 8. The Morgan fingerprint density at radius 3 is 2.37 bits per heavy atom. The summed E-state index contributed by atoms with van der Waals surface area (Å²) in [6, 6.07) is 10.3. The Bertz CT molecular complexity index is 335. The van der Waals surface area contributed by atoms with Crippen LogP contribution in [0.25, 0.3) is 0 Å². The van der Waals surface area contributed by atoms with Crippen LogP contribution in [0.3, 0.4) is 0 Å². The molecule has 19 heavy (non-hydrogen) atoms. The Morgan fingerprint density at radius 2 is 1.79 bits per heavy atom. The van der Waals surface area contributed by atoms with Crippen molar-refractivity contribution in [3.05, 3.63) is 35.9 Å². The normalized spacial score (nSPS) is 13.5. The van der Waals surface area contributed by atoms with Crippen LogP contribution in [0.5, 0.6) is 0 Å². The highest BCUT2D eigenvalue weighted by atomic mass is 19.4. The van der Waals surface area contributed by atoms with Crippen molar-refractivity contribution in [3.8, 4) is 0 Å². The minimum Gasteiger partial charge on any atom is -0.310 e. The first-order valence-corrected chi connectivity index (χ1v) is 6.88. The molecule has 0 bridgehead atoms. The minimum absolute atomic E-state index is 0.199. The van der Waals surface area contributed by atoms with Gasteiger partial charge in [0.05, 0.1) is 0 Å². The second-order valence-electron chi connectivity index (χ2n) is 4.78. The van der Waals surface area contributed by atoms with Gasteiger partial charge in [0.15, 0.2) is 0 Å². The van der Waals surface area contributed by atoms with Crippen molar-refractivity contribution in [1.82, 2.24) is 5.32 Å². The second-order valence-corrected chi connectivity index (χ2v) is 4.78. The molecule has 1 nitrogen and oxygen atoms in total. The van der Waals surface area contributed by atoms with E-state index in [2.05, 4.69) is 24.4 Å². The molecule has 0 saturated carbocycles. The van der Waals surface area contributed by atoms with Crippen molar-refractivity contribution in [2.24, 2.45) is 0 Å². The zero-order chi connectivity index (χ0) is 14.1. The molecule has 0 aliphatic rings. The van der Waals surface area contributed by atoms with Crippen LogP contribution >= 0.6 is 0 Å². The van der Waals surface area contributed by atoms with Crippen LogP contribution in [-0.4, -0.2) is 12.7 Å². The molecule has 1 aromatic carbocycles. The molecule has 0 amide bonds. The van der Waals surface area contributed by atoms with Crippen LogP contribution in [0.15, 0.2) is 30.3 Å². The highest BCUT2D eigenvalue weighted by Crippen LogP contribution is 2.22. The van der Waals surface area contributed by atoms with Crippen molar-refractivity contribution >= 4 is 0 Å². The lowest BCUT2D eigenvalue weighted by molar-refractivity contribution is -0.135. The molecular formula is C15H22F3N. The monoisotopic (exact) mass is 273 g/mol. The fourth-order valence-electron chi connectivity index (χ4n) is 2.09. The predicted octanol–water partition coefficient (Wildman–Crippen LogP) is 4.85. The third-order valence-corrected chi connectivity index (χ3v) is 3.06. The van der Waals surface area contributed by atoms with Gasteiger partial charge in [-0.2, -0.15) is 13.2 Å². The largest absolute Gasteiger partial charge is 0.389 e. The fourth-order valence-corrected chi connectivity index (χ4v) is 2.09. The maximum absolute atomic E-state index is 12.0. The van der Waals surface area contributed by atoms with Crippen molar-refractivity contribution in [1.29, 1.82) is 0 Å². The Labute approximate surface area is 113 Å². The second kappa shape index (κ2) is 8.20. The quantitative estimate of drug-likeness (QED) is 0.668. The van der Waals surface area contributed by atoms with E-state index in [-0.39, 0.29) is 12.5 Å². The fraction of sp³-hybridized carbons (Fsp3) is 0.600. The van der Waals surface area contributed by atoms with Gasteiger partial charge >= 0.3 is 6.18 Å². The summed E-state index contributed by atoms with van der Waals surface area (Å²) in [4.78, 5) is 0. The molecule has 0 radical (unpaired) electrons. The van der Waals surface area contributed by atoms with E-state index in [1.54, 1.807) is 0 Å². The van der Waals surface area contributed by atoms with Crippen LogP contribution in [0.4, 0.5) is 13.2 Å². The molecule has 0 fully saturated rings. The van der Waals surface area contributed by atoms with Gasteiger partial charge < -0.3 is 5.32 Å². The standard InChI is InChI=1S/C15H22F3N/c1-2-8-14(13-9-4-3-5-10-13)19-12-7-6-11-15(16,17)18/h3-5,9-10,14,19H,2,6-8,11-12H2,1H3. The van der Waals surface area contributed by atoms with Crippen molar-refractivity contribution in [2.75, 3.05) is 6.54 Å². The van der Waals surface area contributed by atoms with E-state index in [0.717, 1.165) is 12.8 Å². The molecular weight excluding hydrogens is 251 g/mol. The molecule has 1 atom stereocenters. The molecule has 1 N–H and O–H groups in total. The number of alkyl halides is 3. The lowest BCUT2D eigenvalue weighted by Gasteiger charge is -2.18. The molecule has 1 aromatic rings. The van der Waals surface area contributed by atoms with Crippen molar-refractivity contribution in [2.45, 2.75) is 51.2 Å². The van der Waals surface area contributed by atoms with Gasteiger partial charge in [0.1, 0.15) is 0 Å². The molecule has 1 rings (SSSR count). The number of halogens is 3. The van der Waals surface area contributed by atoms with Gasteiger partial charge in [-0.3, -0.25) is 0 Å². The first kappa shape index (κ1) is 16.0. The Morgan fingerprint density at radius 1 is 1.11 bits per heavy atom. The number of unbranched alkanes of at least 4 members (excludes halogenated alkanes) is 1. The molecule has 108 valence electrons. The van der Waals surface area contributed by atoms with Gasteiger partial charge in [0.25, 0.3) is 0 Å². The summed E-state index contributed by atoms with van der Waals surface area (Å²) in [5.41, 5.74) is 1.21. The van der Waals surface area contributed by atoms with Crippen LogP contribution < -0.4 is 5.32 Å². The zero-order valence-electron chi connectivity index (χ0n) is 11.3. The molecule has 0 heterocycles. The third kappa shape index (κ3) is 7.21. The van der Waals surface area contributed by atoms with Gasteiger partial charge in [-0.05, 0) is 31.4 Å². The van der Waals surface area contributed by atoms with E-state index in [1.807, 2.05) is 18.2 Å². The topological polar surface area (TPSA) is 12.0 Å². The van der Waals surface area contributed by atoms with Crippen LogP contribution in [0, 0.1) is 0 Å². The first-order valence-electron chi connectivity index (χ1n) is 6.88. The number of hydrogen-bond donors (Lipinski definition) is 1. The lowest BCUT2D eigenvalue weighted by Crippen LogP contribution is -2.22. The molecule has 0 spiro atoms. The summed E-state index contributed by atoms with van der Waals surface area (Å²) in [5, 5.41) is 3.36. The molecule has 0 aliphatic heterocycles. The average Bonchev–Trinajstić information content (AvgIpc) is 2.37. The van der Waals surface area contributed by atoms with E-state index in [1.165, 1.54) is 5.56 Å². The molecule has 4 heteroatoms. The van der Waals surface area contributed by atoms with Gasteiger partial charge in [0.2, 0.25) is 0 Å². The average molecular weight is 273 g/mol. The Kier molecular flexibility index (Phi) is 6.92. The van der Waals surface area contributed by atoms with Gasteiger partial charge in [-0.15, -0.1) is 0 Å². The predicted molar refractivity (Wildman–Crippen MR) is 72.0 cm³/mol. The number of hydrogen-bond acceptors (Lipinski definition) is 1. The summed E-state index contributed by atoms with van der Waals surface area (Å²) in [5.74, 6) is 0. The van der Waals surface area contributed by atoms with Gasteiger partial charge in [0, 0.05) is 12.5 Å². The van der Waals surface area contributed by atoms with Crippen molar-refractivity contribution in [3.63, 3.8) is 0 Å². The van der Waals surface area contributed by atoms with Crippen molar-refractivity contribution < 1.29 is 13.2 Å². The van der Waals surface area contributed by atoms with E-state index in [9.17, 15) is 13.2 Å². The first-order chi connectivity index (χ1) is 9.03. The lowest BCUT2D eigenvalue weighted by atomic mass is 10.0. The Hall–Kier alpha value is -1.03. The van der Waals surface area contributed by atoms with E-state index in [4.69, 9.17) is 0 Å². The SMILES string of the molecule is CCCC(NCCCCC(F)(F)F)c1ccccc1.